The van der Waals surface area contributed by atoms with Crippen LogP contribution in [0.3, 0.4) is 0 Å². The van der Waals surface area contributed by atoms with Crippen LogP contribution in [-0.2, 0) is 19.6 Å². The molecule has 2 aromatic carbocycles. The molecule has 1 aliphatic rings. The number of methoxy groups -OCH3 is 2. The van der Waals surface area contributed by atoms with Gasteiger partial charge in [0.25, 0.3) is 0 Å². The number of benzene rings is 2. The Morgan fingerprint density at radius 3 is 2.39 bits per heavy atom. The predicted octanol–water partition coefficient (Wildman–Crippen LogP) is 2.13. The van der Waals surface area contributed by atoms with Crippen molar-refractivity contribution < 1.29 is 32.2 Å². The second-order valence-electron chi connectivity index (χ2n) is 6.68. The fourth-order valence-electron chi connectivity index (χ4n) is 3.09. The summed E-state index contributed by atoms with van der Waals surface area (Å²) in [6, 6.07) is 11.5. The standard InChI is InChI=1S/C21H26N2O7S/c1-27-18-8-7-16(31(25,26)23-10-13-29-14-11-23)15-17(18)22-21(24)9-12-30-20-6-4-3-5-19(20)28-2/h3-8,15H,9-14H2,1-2H3,(H,22,24). The van der Waals surface area contributed by atoms with Gasteiger partial charge in [-0.1, -0.05) is 12.1 Å². The molecule has 1 heterocycles. The Balaban J connectivity index is 1.67. The molecule has 1 aliphatic heterocycles. The summed E-state index contributed by atoms with van der Waals surface area (Å²) in [7, 11) is -0.707. The van der Waals surface area contributed by atoms with Gasteiger partial charge in [0.15, 0.2) is 11.5 Å². The maximum absolute atomic E-state index is 12.9. The van der Waals surface area contributed by atoms with Crippen molar-refractivity contribution in [1.82, 2.24) is 4.31 Å². The van der Waals surface area contributed by atoms with E-state index in [-0.39, 0.29) is 42.6 Å². The number of nitrogens with zero attached hydrogens (tertiary/aromatic N) is 1. The lowest BCUT2D eigenvalue weighted by molar-refractivity contribution is -0.116. The van der Waals surface area contributed by atoms with Crippen LogP contribution in [0.5, 0.6) is 17.2 Å². The van der Waals surface area contributed by atoms with Gasteiger partial charge in [-0.15, -0.1) is 0 Å². The predicted molar refractivity (Wildman–Crippen MR) is 114 cm³/mol. The Kier molecular flexibility index (Phi) is 7.72. The van der Waals surface area contributed by atoms with Gasteiger partial charge in [-0.3, -0.25) is 4.79 Å². The number of morpholine rings is 1. The van der Waals surface area contributed by atoms with Crippen molar-refractivity contribution in [2.75, 3.05) is 52.4 Å². The van der Waals surface area contributed by atoms with E-state index in [1.54, 1.807) is 19.2 Å². The Hall–Kier alpha value is -2.82. The van der Waals surface area contributed by atoms with Gasteiger partial charge >= 0.3 is 0 Å². The van der Waals surface area contributed by atoms with Crippen molar-refractivity contribution in [2.24, 2.45) is 0 Å². The number of carbonyl (C=O) groups excluding carboxylic acids is 1. The van der Waals surface area contributed by atoms with Crippen LogP contribution in [0, 0.1) is 0 Å². The molecule has 0 saturated carbocycles. The number of hydrogen-bond donors (Lipinski definition) is 1. The molecule has 1 fully saturated rings. The van der Waals surface area contributed by atoms with Crippen LogP contribution < -0.4 is 19.5 Å². The number of ether oxygens (including phenoxy) is 4. The Morgan fingerprint density at radius 1 is 1.03 bits per heavy atom. The molecule has 1 amide bonds. The SMILES string of the molecule is COc1ccc(S(=O)(=O)N2CCOCC2)cc1NC(=O)CCOc1ccccc1OC. The number of rotatable bonds is 9. The highest BCUT2D eigenvalue weighted by atomic mass is 32.2. The molecule has 1 N–H and O–H groups in total. The Morgan fingerprint density at radius 2 is 1.71 bits per heavy atom. The molecule has 0 bridgehead atoms. The topological polar surface area (TPSA) is 103 Å². The van der Waals surface area contributed by atoms with Gasteiger partial charge < -0.3 is 24.3 Å². The van der Waals surface area contributed by atoms with E-state index in [0.29, 0.717) is 30.5 Å². The van der Waals surface area contributed by atoms with E-state index >= 15 is 0 Å². The van der Waals surface area contributed by atoms with Gasteiger partial charge in [0, 0.05) is 13.1 Å². The minimum Gasteiger partial charge on any atom is -0.495 e. The quantitative estimate of drug-likeness (QED) is 0.624. The summed E-state index contributed by atoms with van der Waals surface area (Å²) < 4.78 is 48.5. The molecular formula is C21H26N2O7S. The molecular weight excluding hydrogens is 424 g/mol. The van der Waals surface area contributed by atoms with Gasteiger partial charge in [-0.2, -0.15) is 4.31 Å². The van der Waals surface area contributed by atoms with Crippen LogP contribution in [0.2, 0.25) is 0 Å². The highest BCUT2D eigenvalue weighted by molar-refractivity contribution is 7.89. The zero-order valence-electron chi connectivity index (χ0n) is 17.5. The van der Waals surface area contributed by atoms with Crippen LogP contribution in [0.25, 0.3) is 0 Å². The van der Waals surface area contributed by atoms with Crippen molar-refractivity contribution in [1.29, 1.82) is 0 Å². The monoisotopic (exact) mass is 450 g/mol. The second-order valence-corrected chi connectivity index (χ2v) is 8.61. The zero-order chi connectivity index (χ0) is 22.3. The van der Waals surface area contributed by atoms with E-state index in [1.165, 1.54) is 29.6 Å². The molecule has 3 rings (SSSR count). The van der Waals surface area contributed by atoms with E-state index in [4.69, 9.17) is 18.9 Å². The van der Waals surface area contributed by atoms with Crippen LogP contribution >= 0.6 is 0 Å². The highest BCUT2D eigenvalue weighted by Crippen LogP contribution is 2.30. The van der Waals surface area contributed by atoms with Crippen molar-refractivity contribution in [2.45, 2.75) is 11.3 Å². The van der Waals surface area contributed by atoms with Crippen molar-refractivity contribution in [3.8, 4) is 17.2 Å². The van der Waals surface area contributed by atoms with E-state index in [1.807, 2.05) is 12.1 Å². The average molecular weight is 451 g/mol. The van der Waals surface area contributed by atoms with E-state index in [0.717, 1.165) is 0 Å². The van der Waals surface area contributed by atoms with Crippen LogP contribution in [-0.4, -0.2) is 65.8 Å². The normalized spacial score (nSPS) is 14.6. The lowest BCUT2D eigenvalue weighted by Crippen LogP contribution is -2.40. The van der Waals surface area contributed by atoms with Gasteiger partial charge in [0.05, 0.1) is 51.0 Å². The van der Waals surface area contributed by atoms with Crippen molar-refractivity contribution in [3.05, 3.63) is 42.5 Å². The number of anilines is 1. The van der Waals surface area contributed by atoms with E-state index in [9.17, 15) is 13.2 Å². The molecule has 10 heteroatoms. The number of amides is 1. The molecule has 0 aliphatic carbocycles. The number of para-hydroxylation sites is 2. The average Bonchev–Trinajstić information content (AvgIpc) is 2.80. The largest absolute Gasteiger partial charge is 0.495 e. The van der Waals surface area contributed by atoms with Crippen LogP contribution in [0.1, 0.15) is 6.42 Å². The first-order valence-corrected chi connectivity index (χ1v) is 11.2. The molecule has 1 saturated heterocycles. The lowest BCUT2D eigenvalue weighted by atomic mass is 10.2. The number of nitrogens with one attached hydrogen (secondary N) is 1. The summed E-state index contributed by atoms with van der Waals surface area (Å²) in [5.41, 5.74) is 0.277. The molecule has 0 unspecified atom stereocenters. The summed E-state index contributed by atoms with van der Waals surface area (Å²) in [6.45, 7) is 1.41. The lowest BCUT2D eigenvalue weighted by Gasteiger charge is -2.26. The summed E-state index contributed by atoms with van der Waals surface area (Å²) >= 11 is 0. The first-order valence-electron chi connectivity index (χ1n) is 9.77. The highest BCUT2D eigenvalue weighted by Gasteiger charge is 2.27. The van der Waals surface area contributed by atoms with E-state index < -0.39 is 10.0 Å². The summed E-state index contributed by atoms with van der Waals surface area (Å²) in [5, 5.41) is 2.71. The molecule has 168 valence electrons. The van der Waals surface area contributed by atoms with Gasteiger partial charge in [-0.05, 0) is 30.3 Å². The number of hydrogen-bond acceptors (Lipinski definition) is 7. The molecule has 31 heavy (non-hydrogen) atoms. The van der Waals surface area contributed by atoms with Crippen LogP contribution in [0.15, 0.2) is 47.4 Å². The first-order chi connectivity index (χ1) is 15.0. The molecule has 0 radical (unpaired) electrons. The van der Waals surface area contributed by atoms with Gasteiger partial charge in [-0.25, -0.2) is 8.42 Å². The minimum absolute atomic E-state index is 0.0572. The molecule has 0 atom stereocenters. The van der Waals surface area contributed by atoms with Gasteiger partial charge in [0.2, 0.25) is 15.9 Å². The summed E-state index contributed by atoms with van der Waals surface area (Å²) in [4.78, 5) is 12.5. The Labute approximate surface area is 181 Å². The second kappa shape index (κ2) is 10.5. The summed E-state index contributed by atoms with van der Waals surface area (Å²) in [5.74, 6) is 1.13. The fraction of sp³-hybridized carbons (Fsp3) is 0.381. The first kappa shape index (κ1) is 22.9. The van der Waals surface area contributed by atoms with Crippen molar-refractivity contribution in [3.63, 3.8) is 0 Å². The molecule has 2 aromatic rings. The third-order valence-electron chi connectivity index (χ3n) is 4.71. The fourth-order valence-corrected chi connectivity index (χ4v) is 4.52. The minimum atomic E-state index is -3.70. The molecule has 9 nitrogen and oxygen atoms in total. The maximum atomic E-state index is 12.9. The zero-order valence-corrected chi connectivity index (χ0v) is 18.3. The smallest absolute Gasteiger partial charge is 0.243 e. The number of carbonyl (C=O) groups is 1. The van der Waals surface area contributed by atoms with Crippen LogP contribution in [0.4, 0.5) is 5.69 Å². The van der Waals surface area contributed by atoms with Gasteiger partial charge in [0.1, 0.15) is 5.75 Å². The molecule has 0 aromatic heterocycles. The Bertz CT molecular complexity index is 1000. The van der Waals surface area contributed by atoms with E-state index in [2.05, 4.69) is 5.32 Å². The third kappa shape index (κ3) is 5.66. The number of sulfonamides is 1. The summed E-state index contributed by atoms with van der Waals surface area (Å²) in [6.07, 6.45) is 0.0572. The maximum Gasteiger partial charge on any atom is 0.243 e. The molecule has 0 spiro atoms. The van der Waals surface area contributed by atoms with Crippen molar-refractivity contribution >= 4 is 21.6 Å². The third-order valence-corrected chi connectivity index (χ3v) is 6.60.